The van der Waals surface area contributed by atoms with Gasteiger partial charge >= 0.3 is 5.97 Å². The zero-order valence-corrected chi connectivity index (χ0v) is 13.5. The van der Waals surface area contributed by atoms with Crippen molar-refractivity contribution in [2.75, 3.05) is 21.3 Å². The summed E-state index contributed by atoms with van der Waals surface area (Å²) in [5.74, 6) is -0.260. The lowest BCUT2D eigenvalue weighted by Gasteiger charge is -2.13. The third-order valence-electron chi connectivity index (χ3n) is 3.17. The van der Waals surface area contributed by atoms with Gasteiger partial charge in [-0.05, 0) is 30.3 Å². The molecule has 0 amide bonds. The van der Waals surface area contributed by atoms with Gasteiger partial charge in [-0.3, -0.25) is 0 Å². The standard InChI is InChI=1S/C18H17FO5/c1-21-11-14(18(20)23-3)13-10-12(8-9-16(13)22-2)24-17-7-5-4-6-15(17)19/h4-11H,1-3H3/b14-11+. The van der Waals surface area contributed by atoms with Crippen LogP contribution in [0.4, 0.5) is 4.39 Å². The molecule has 0 unspecified atom stereocenters. The molecule has 2 rings (SSSR count). The molecule has 2 aromatic carbocycles. The van der Waals surface area contributed by atoms with Crippen LogP contribution in [0.25, 0.3) is 5.57 Å². The second kappa shape index (κ2) is 8.01. The monoisotopic (exact) mass is 332 g/mol. The van der Waals surface area contributed by atoms with Gasteiger partial charge in [0.05, 0.1) is 27.6 Å². The first-order chi connectivity index (χ1) is 11.6. The molecule has 0 aliphatic heterocycles. The van der Waals surface area contributed by atoms with Crippen LogP contribution in [0, 0.1) is 5.82 Å². The van der Waals surface area contributed by atoms with E-state index >= 15 is 0 Å². The molecule has 2 aromatic rings. The molecular weight excluding hydrogens is 315 g/mol. The quantitative estimate of drug-likeness (QED) is 0.458. The van der Waals surface area contributed by atoms with Gasteiger partial charge in [0, 0.05) is 5.56 Å². The summed E-state index contributed by atoms with van der Waals surface area (Å²) in [6.45, 7) is 0. The van der Waals surface area contributed by atoms with Gasteiger partial charge in [0.25, 0.3) is 0 Å². The minimum Gasteiger partial charge on any atom is -0.503 e. The first kappa shape index (κ1) is 17.3. The van der Waals surface area contributed by atoms with Crippen molar-refractivity contribution < 1.29 is 28.1 Å². The summed E-state index contributed by atoms with van der Waals surface area (Å²) < 4.78 is 34.2. The number of carbonyl (C=O) groups excluding carboxylic acids is 1. The average Bonchev–Trinajstić information content (AvgIpc) is 2.61. The maximum Gasteiger partial charge on any atom is 0.341 e. The maximum absolute atomic E-state index is 13.7. The van der Waals surface area contributed by atoms with Crippen molar-refractivity contribution >= 4 is 11.5 Å². The molecule has 5 nitrogen and oxygen atoms in total. The van der Waals surface area contributed by atoms with Crippen LogP contribution in [-0.2, 0) is 14.3 Å². The number of para-hydroxylation sites is 1. The summed E-state index contributed by atoms with van der Waals surface area (Å²) in [7, 11) is 4.14. The topological polar surface area (TPSA) is 54.0 Å². The van der Waals surface area contributed by atoms with Gasteiger partial charge in [-0.15, -0.1) is 0 Å². The zero-order valence-electron chi connectivity index (χ0n) is 13.5. The van der Waals surface area contributed by atoms with Crippen molar-refractivity contribution in [2.24, 2.45) is 0 Å². The Labute approximate surface area is 139 Å². The number of ether oxygens (including phenoxy) is 4. The molecule has 0 radical (unpaired) electrons. The number of halogens is 1. The number of rotatable bonds is 6. The Hall–Kier alpha value is -3.02. The van der Waals surface area contributed by atoms with Crippen molar-refractivity contribution in [2.45, 2.75) is 0 Å². The van der Waals surface area contributed by atoms with Crippen LogP contribution in [0.1, 0.15) is 5.56 Å². The molecular formula is C18H17FO5. The van der Waals surface area contributed by atoms with E-state index in [2.05, 4.69) is 0 Å². The summed E-state index contributed by atoms with van der Waals surface area (Å²) in [6.07, 6.45) is 1.25. The van der Waals surface area contributed by atoms with E-state index in [9.17, 15) is 9.18 Å². The molecule has 24 heavy (non-hydrogen) atoms. The van der Waals surface area contributed by atoms with E-state index < -0.39 is 11.8 Å². The normalized spacial score (nSPS) is 10.9. The lowest BCUT2D eigenvalue weighted by molar-refractivity contribution is -0.133. The van der Waals surface area contributed by atoms with E-state index in [1.54, 1.807) is 30.3 Å². The maximum atomic E-state index is 13.7. The first-order valence-electron chi connectivity index (χ1n) is 7.02. The third-order valence-corrected chi connectivity index (χ3v) is 3.17. The molecule has 126 valence electrons. The fourth-order valence-electron chi connectivity index (χ4n) is 2.06. The van der Waals surface area contributed by atoms with Crippen LogP contribution < -0.4 is 9.47 Å². The number of hydrogen-bond donors (Lipinski definition) is 0. The molecule has 0 saturated heterocycles. The van der Waals surface area contributed by atoms with Crippen LogP contribution in [0.2, 0.25) is 0 Å². The van der Waals surface area contributed by atoms with E-state index in [1.807, 2.05) is 0 Å². The van der Waals surface area contributed by atoms with Gasteiger partial charge in [-0.1, -0.05) is 12.1 Å². The van der Waals surface area contributed by atoms with Crippen molar-refractivity contribution in [1.82, 2.24) is 0 Å². The van der Waals surface area contributed by atoms with Gasteiger partial charge in [0.15, 0.2) is 11.6 Å². The molecule has 0 bridgehead atoms. The first-order valence-corrected chi connectivity index (χ1v) is 7.02. The largest absolute Gasteiger partial charge is 0.503 e. The number of carbonyl (C=O) groups is 1. The van der Waals surface area contributed by atoms with E-state index in [4.69, 9.17) is 18.9 Å². The van der Waals surface area contributed by atoms with Crippen molar-refractivity contribution in [3.63, 3.8) is 0 Å². The Morgan fingerprint density at radius 3 is 2.42 bits per heavy atom. The molecule has 0 aliphatic carbocycles. The number of benzene rings is 2. The predicted molar refractivity (Wildman–Crippen MR) is 86.5 cm³/mol. The van der Waals surface area contributed by atoms with Crippen LogP contribution >= 0.6 is 0 Å². The molecule has 0 spiro atoms. The highest BCUT2D eigenvalue weighted by atomic mass is 19.1. The lowest BCUT2D eigenvalue weighted by Crippen LogP contribution is -2.06. The Morgan fingerprint density at radius 2 is 1.79 bits per heavy atom. The van der Waals surface area contributed by atoms with E-state index in [0.29, 0.717) is 17.1 Å². The van der Waals surface area contributed by atoms with Crippen LogP contribution in [0.15, 0.2) is 48.7 Å². The number of methoxy groups -OCH3 is 3. The molecule has 6 heteroatoms. The molecule has 0 N–H and O–H groups in total. The van der Waals surface area contributed by atoms with E-state index in [-0.39, 0.29) is 11.3 Å². The SMILES string of the molecule is CO/C=C(/C(=O)OC)c1cc(Oc2ccccc2F)ccc1OC. The molecule has 0 aliphatic rings. The summed E-state index contributed by atoms with van der Waals surface area (Å²) >= 11 is 0. The second-order valence-electron chi connectivity index (χ2n) is 4.65. The number of esters is 1. The van der Waals surface area contributed by atoms with Crippen LogP contribution in [0.3, 0.4) is 0 Å². The van der Waals surface area contributed by atoms with Gasteiger partial charge in [-0.2, -0.15) is 0 Å². The Bertz CT molecular complexity index is 755. The molecule has 0 heterocycles. The van der Waals surface area contributed by atoms with Gasteiger partial charge in [-0.25, -0.2) is 9.18 Å². The highest BCUT2D eigenvalue weighted by molar-refractivity contribution is 6.17. The molecule has 0 atom stereocenters. The third kappa shape index (κ3) is 3.84. The smallest absolute Gasteiger partial charge is 0.341 e. The van der Waals surface area contributed by atoms with Crippen LogP contribution in [0.5, 0.6) is 17.2 Å². The fourth-order valence-corrected chi connectivity index (χ4v) is 2.06. The van der Waals surface area contributed by atoms with Crippen molar-refractivity contribution in [1.29, 1.82) is 0 Å². The fraction of sp³-hybridized carbons (Fsp3) is 0.167. The Kier molecular flexibility index (Phi) is 5.78. The van der Waals surface area contributed by atoms with E-state index in [1.165, 1.54) is 39.7 Å². The molecule has 0 saturated carbocycles. The summed E-state index contributed by atoms with van der Waals surface area (Å²) in [6, 6.07) is 10.8. The summed E-state index contributed by atoms with van der Waals surface area (Å²) in [5.41, 5.74) is 0.552. The minimum absolute atomic E-state index is 0.0731. The van der Waals surface area contributed by atoms with Crippen molar-refractivity contribution in [3.05, 3.63) is 60.1 Å². The number of hydrogen-bond acceptors (Lipinski definition) is 5. The summed E-state index contributed by atoms with van der Waals surface area (Å²) in [4.78, 5) is 12.0. The minimum atomic E-state index is -0.599. The summed E-state index contributed by atoms with van der Waals surface area (Å²) in [5, 5.41) is 0. The Balaban J connectivity index is 2.45. The Morgan fingerprint density at radius 1 is 1.04 bits per heavy atom. The zero-order chi connectivity index (χ0) is 17.5. The van der Waals surface area contributed by atoms with Gasteiger partial charge in [0.1, 0.15) is 17.1 Å². The second-order valence-corrected chi connectivity index (χ2v) is 4.65. The van der Waals surface area contributed by atoms with Crippen molar-refractivity contribution in [3.8, 4) is 17.2 Å². The average molecular weight is 332 g/mol. The highest BCUT2D eigenvalue weighted by Crippen LogP contribution is 2.33. The highest BCUT2D eigenvalue weighted by Gasteiger charge is 2.19. The predicted octanol–water partition coefficient (Wildman–Crippen LogP) is 3.79. The molecule has 0 fully saturated rings. The van der Waals surface area contributed by atoms with Gasteiger partial charge in [0.2, 0.25) is 0 Å². The lowest BCUT2D eigenvalue weighted by atomic mass is 10.1. The molecule has 0 aromatic heterocycles. The van der Waals surface area contributed by atoms with Crippen LogP contribution in [-0.4, -0.2) is 27.3 Å². The van der Waals surface area contributed by atoms with Gasteiger partial charge < -0.3 is 18.9 Å². The van der Waals surface area contributed by atoms with E-state index in [0.717, 1.165) is 0 Å².